The molecule has 0 saturated carbocycles. The number of carbonyl (C=O) groups is 2. The van der Waals surface area contributed by atoms with Crippen LogP contribution in [0, 0.1) is 5.82 Å². The molecule has 7 heteroatoms. The number of hydrogen-bond acceptors (Lipinski definition) is 4. The molecule has 2 aromatic rings. The number of rotatable bonds is 7. The quantitative estimate of drug-likeness (QED) is 0.778. The number of halogens is 1. The van der Waals surface area contributed by atoms with Gasteiger partial charge in [0.1, 0.15) is 11.6 Å². The normalized spacial score (nSPS) is 15.6. The maximum atomic E-state index is 12.9. The standard InChI is InChI=1S/C22H26FN3O3/c1-2-20(29-19-6-4-3-5-7-19)22(28)26-14-12-25(13-15-26)16-21(27)24-18-10-8-17(23)9-11-18/h3-11,20H,2,12-16H2,1H3,(H,24,27)/t20-/m0/s1. The number of nitrogens with one attached hydrogen (secondary N) is 1. The Hall–Kier alpha value is -2.93. The third kappa shape index (κ3) is 6.02. The second-order valence-electron chi connectivity index (χ2n) is 6.98. The van der Waals surface area contributed by atoms with Gasteiger partial charge in [-0.25, -0.2) is 4.39 Å². The predicted octanol–water partition coefficient (Wildman–Crippen LogP) is 2.77. The van der Waals surface area contributed by atoms with Crippen molar-refractivity contribution >= 4 is 17.5 Å². The van der Waals surface area contributed by atoms with Gasteiger partial charge in [0.15, 0.2) is 6.10 Å². The van der Waals surface area contributed by atoms with E-state index in [9.17, 15) is 14.0 Å². The van der Waals surface area contributed by atoms with Crippen LogP contribution in [0.25, 0.3) is 0 Å². The summed E-state index contributed by atoms with van der Waals surface area (Å²) >= 11 is 0. The molecule has 1 saturated heterocycles. The van der Waals surface area contributed by atoms with E-state index in [0.29, 0.717) is 44.0 Å². The lowest BCUT2D eigenvalue weighted by atomic mass is 10.2. The summed E-state index contributed by atoms with van der Waals surface area (Å²) < 4.78 is 18.8. The van der Waals surface area contributed by atoms with Crippen molar-refractivity contribution in [1.29, 1.82) is 0 Å². The van der Waals surface area contributed by atoms with Crippen LogP contribution in [0.5, 0.6) is 5.75 Å². The molecular weight excluding hydrogens is 373 g/mol. The Balaban J connectivity index is 1.45. The van der Waals surface area contributed by atoms with E-state index in [2.05, 4.69) is 5.32 Å². The summed E-state index contributed by atoms with van der Waals surface area (Å²) in [5.41, 5.74) is 0.564. The molecule has 1 N–H and O–H groups in total. The van der Waals surface area contributed by atoms with Crippen LogP contribution < -0.4 is 10.1 Å². The number of piperazine rings is 1. The number of para-hydroxylation sites is 1. The molecular formula is C22H26FN3O3. The van der Waals surface area contributed by atoms with Crippen molar-refractivity contribution < 1.29 is 18.7 Å². The second kappa shape index (κ2) is 10.0. The van der Waals surface area contributed by atoms with Gasteiger partial charge in [-0.05, 0) is 42.8 Å². The Labute approximate surface area is 170 Å². The van der Waals surface area contributed by atoms with Crippen molar-refractivity contribution in [2.75, 3.05) is 38.0 Å². The monoisotopic (exact) mass is 399 g/mol. The fourth-order valence-corrected chi connectivity index (χ4v) is 3.24. The van der Waals surface area contributed by atoms with Crippen molar-refractivity contribution in [3.8, 4) is 5.75 Å². The number of hydrogen-bond donors (Lipinski definition) is 1. The molecule has 2 aromatic carbocycles. The van der Waals surface area contributed by atoms with Crippen LogP contribution in [0.2, 0.25) is 0 Å². The van der Waals surface area contributed by atoms with Crippen LogP contribution in [0.3, 0.4) is 0 Å². The summed E-state index contributed by atoms with van der Waals surface area (Å²) in [5, 5.41) is 2.76. The van der Waals surface area contributed by atoms with Gasteiger partial charge in [-0.2, -0.15) is 0 Å². The lowest BCUT2D eigenvalue weighted by molar-refractivity contribution is -0.140. The van der Waals surface area contributed by atoms with E-state index < -0.39 is 6.10 Å². The molecule has 1 heterocycles. The molecule has 1 atom stereocenters. The van der Waals surface area contributed by atoms with E-state index in [1.165, 1.54) is 24.3 Å². The van der Waals surface area contributed by atoms with E-state index in [4.69, 9.17) is 4.74 Å². The maximum Gasteiger partial charge on any atom is 0.263 e. The smallest absolute Gasteiger partial charge is 0.263 e. The average molecular weight is 399 g/mol. The van der Waals surface area contributed by atoms with Gasteiger partial charge in [0, 0.05) is 31.9 Å². The molecule has 6 nitrogen and oxygen atoms in total. The van der Waals surface area contributed by atoms with Gasteiger partial charge in [-0.15, -0.1) is 0 Å². The van der Waals surface area contributed by atoms with Crippen LogP contribution in [-0.2, 0) is 9.59 Å². The highest BCUT2D eigenvalue weighted by atomic mass is 19.1. The van der Waals surface area contributed by atoms with Crippen molar-refractivity contribution in [2.24, 2.45) is 0 Å². The first-order valence-electron chi connectivity index (χ1n) is 9.83. The Kier molecular flexibility index (Phi) is 7.19. The van der Waals surface area contributed by atoms with Crippen LogP contribution in [0.15, 0.2) is 54.6 Å². The number of anilines is 1. The molecule has 0 radical (unpaired) electrons. The molecule has 0 bridgehead atoms. The molecule has 0 unspecified atom stereocenters. The highest BCUT2D eigenvalue weighted by Crippen LogP contribution is 2.15. The van der Waals surface area contributed by atoms with Crippen molar-refractivity contribution in [3.63, 3.8) is 0 Å². The van der Waals surface area contributed by atoms with E-state index in [0.717, 1.165) is 0 Å². The Morgan fingerprint density at radius 2 is 1.69 bits per heavy atom. The molecule has 1 fully saturated rings. The van der Waals surface area contributed by atoms with Crippen molar-refractivity contribution in [2.45, 2.75) is 19.4 Å². The SMILES string of the molecule is CC[C@H](Oc1ccccc1)C(=O)N1CCN(CC(=O)Nc2ccc(F)cc2)CC1. The van der Waals surface area contributed by atoms with Crippen molar-refractivity contribution in [3.05, 3.63) is 60.4 Å². The molecule has 0 aromatic heterocycles. The first-order valence-corrected chi connectivity index (χ1v) is 9.83. The first kappa shape index (κ1) is 20.8. The zero-order chi connectivity index (χ0) is 20.6. The molecule has 1 aliphatic heterocycles. The van der Waals surface area contributed by atoms with Gasteiger partial charge in [0.05, 0.1) is 6.54 Å². The molecule has 1 aliphatic rings. The number of benzene rings is 2. The minimum absolute atomic E-state index is 0.0215. The number of amides is 2. The van der Waals surface area contributed by atoms with Gasteiger partial charge in [-0.1, -0.05) is 25.1 Å². The minimum Gasteiger partial charge on any atom is -0.481 e. The zero-order valence-electron chi connectivity index (χ0n) is 16.5. The van der Waals surface area contributed by atoms with Crippen LogP contribution in [0.1, 0.15) is 13.3 Å². The highest BCUT2D eigenvalue weighted by molar-refractivity contribution is 5.92. The first-order chi connectivity index (χ1) is 14.0. The molecule has 2 amide bonds. The highest BCUT2D eigenvalue weighted by Gasteiger charge is 2.28. The summed E-state index contributed by atoms with van der Waals surface area (Å²) in [4.78, 5) is 28.8. The summed E-state index contributed by atoms with van der Waals surface area (Å²) in [6.07, 6.45) is 0.0827. The zero-order valence-corrected chi connectivity index (χ0v) is 16.5. The Morgan fingerprint density at radius 3 is 2.31 bits per heavy atom. The van der Waals surface area contributed by atoms with Crippen LogP contribution in [-0.4, -0.2) is 60.4 Å². The lowest BCUT2D eigenvalue weighted by Gasteiger charge is -2.35. The number of nitrogens with zero attached hydrogens (tertiary/aromatic N) is 2. The number of carbonyl (C=O) groups excluding carboxylic acids is 2. The molecule has 154 valence electrons. The largest absolute Gasteiger partial charge is 0.481 e. The topological polar surface area (TPSA) is 61.9 Å². The fraction of sp³-hybridized carbons (Fsp3) is 0.364. The molecule has 0 spiro atoms. The van der Waals surface area contributed by atoms with Crippen molar-refractivity contribution in [1.82, 2.24) is 9.80 Å². The summed E-state index contributed by atoms with van der Waals surface area (Å²) in [6, 6.07) is 15.0. The summed E-state index contributed by atoms with van der Waals surface area (Å²) in [7, 11) is 0. The summed E-state index contributed by atoms with van der Waals surface area (Å²) in [5.74, 6) is 0.163. The van der Waals surface area contributed by atoms with E-state index in [-0.39, 0.29) is 24.2 Å². The number of ether oxygens (including phenoxy) is 1. The predicted molar refractivity (Wildman–Crippen MR) is 109 cm³/mol. The minimum atomic E-state index is -0.509. The molecule has 3 rings (SSSR count). The van der Waals surface area contributed by atoms with Gasteiger partial charge in [-0.3, -0.25) is 14.5 Å². The third-order valence-electron chi connectivity index (χ3n) is 4.85. The fourth-order valence-electron chi connectivity index (χ4n) is 3.24. The Bertz CT molecular complexity index is 806. The van der Waals surface area contributed by atoms with Gasteiger partial charge < -0.3 is 15.0 Å². The molecule has 0 aliphatic carbocycles. The lowest BCUT2D eigenvalue weighted by Crippen LogP contribution is -2.53. The van der Waals surface area contributed by atoms with Crippen LogP contribution >= 0.6 is 0 Å². The maximum absolute atomic E-state index is 12.9. The van der Waals surface area contributed by atoms with E-state index >= 15 is 0 Å². The summed E-state index contributed by atoms with van der Waals surface area (Å²) in [6.45, 7) is 4.50. The van der Waals surface area contributed by atoms with E-state index in [1.54, 1.807) is 4.90 Å². The average Bonchev–Trinajstić information content (AvgIpc) is 2.74. The van der Waals surface area contributed by atoms with Crippen LogP contribution in [0.4, 0.5) is 10.1 Å². The van der Waals surface area contributed by atoms with E-state index in [1.807, 2.05) is 42.2 Å². The molecule has 29 heavy (non-hydrogen) atoms. The van der Waals surface area contributed by atoms with Gasteiger partial charge >= 0.3 is 0 Å². The third-order valence-corrected chi connectivity index (χ3v) is 4.85. The Morgan fingerprint density at radius 1 is 1.03 bits per heavy atom. The second-order valence-corrected chi connectivity index (χ2v) is 6.98. The van der Waals surface area contributed by atoms with Gasteiger partial charge in [0.2, 0.25) is 5.91 Å². The van der Waals surface area contributed by atoms with Gasteiger partial charge in [0.25, 0.3) is 5.91 Å².